The maximum atomic E-state index is 11.5. The van der Waals surface area contributed by atoms with E-state index in [1.165, 1.54) is 18.4 Å². The Kier molecular flexibility index (Phi) is 4.80. The van der Waals surface area contributed by atoms with Gasteiger partial charge in [0, 0.05) is 12.6 Å². The number of ether oxygens (including phenoxy) is 2. The van der Waals surface area contributed by atoms with Crippen LogP contribution in [0.4, 0.5) is 5.69 Å². The Bertz CT molecular complexity index is 784. The average molecular weight is 352 g/mol. The van der Waals surface area contributed by atoms with Crippen molar-refractivity contribution in [1.82, 2.24) is 5.32 Å². The van der Waals surface area contributed by atoms with Gasteiger partial charge < -0.3 is 20.1 Å². The van der Waals surface area contributed by atoms with Crippen molar-refractivity contribution in [3.05, 3.63) is 53.6 Å². The molecule has 5 heteroatoms. The monoisotopic (exact) mass is 352 g/mol. The van der Waals surface area contributed by atoms with E-state index >= 15 is 0 Å². The van der Waals surface area contributed by atoms with E-state index in [9.17, 15) is 4.79 Å². The summed E-state index contributed by atoms with van der Waals surface area (Å²) in [6.07, 6.45) is 2.61. The molecule has 1 saturated carbocycles. The van der Waals surface area contributed by atoms with Crippen molar-refractivity contribution in [2.45, 2.75) is 32.4 Å². The third-order valence-corrected chi connectivity index (χ3v) is 4.85. The van der Waals surface area contributed by atoms with Gasteiger partial charge >= 0.3 is 0 Å². The number of hydrogen-bond acceptors (Lipinski definition) is 4. The standard InChI is InChI=1S/C21H24N2O3/c1-14(17-6-9-20-19(10-17)23-21(24)13-26-20)22-11-15-4-7-18(8-5-15)25-12-16-2-3-16/h4-10,14,16,22H,2-3,11-13H2,1H3,(H,23,24)/t14-/m0/s1. The van der Waals surface area contributed by atoms with Crippen molar-refractivity contribution < 1.29 is 14.3 Å². The molecule has 1 aliphatic carbocycles. The van der Waals surface area contributed by atoms with Crippen LogP contribution >= 0.6 is 0 Å². The summed E-state index contributed by atoms with van der Waals surface area (Å²) in [4.78, 5) is 11.5. The lowest BCUT2D eigenvalue weighted by atomic mass is 10.1. The molecule has 2 aromatic carbocycles. The molecular formula is C21H24N2O3. The third-order valence-electron chi connectivity index (χ3n) is 4.85. The molecule has 0 aromatic heterocycles. The van der Waals surface area contributed by atoms with Crippen molar-refractivity contribution in [3.8, 4) is 11.5 Å². The molecule has 0 bridgehead atoms. The maximum Gasteiger partial charge on any atom is 0.262 e. The van der Waals surface area contributed by atoms with Crippen LogP contribution in [0.15, 0.2) is 42.5 Å². The minimum absolute atomic E-state index is 0.0838. The molecule has 2 aliphatic rings. The Balaban J connectivity index is 1.32. The highest BCUT2D eigenvalue weighted by Gasteiger charge is 2.21. The molecule has 0 saturated heterocycles. The van der Waals surface area contributed by atoms with Crippen LogP contribution in [0.5, 0.6) is 11.5 Å². The summed E-state index contributed by atoms with van der Waals surface area (Å²) in [6.45, 7) is 3.80. The van der Waals surface area contributed by atoms with E-state index in [2.05, 4.69) is 29.7 Å². The fourth-order valence-electron chi connectivity index (χ4n) is 2.96. The first-order valence-electron chi connectivity index (χ1n) is 9.19. The highest BCUT2D eigenvalue weighted by Crippen LogP contribution is 2.31. The minimum atomic E-state index is -0.112. The number of hydrogen-bond donors (Lipinski definition) is 2. The van der Waals surface area contributed by atoms with Crippen molar-refractivity contribution in [3.63, 3.8) is 0 Å². The fraction of sp³-hybridized carbons (Fsp3) is 0.381. The van der Waals surface area contributed by atoms with E-state index in [4.69, 9.17) is 9.47 Å². The van der Waals surface area contributed by atoms with Crippen LogP contribution in [0.2, 0.25) is 0 Å². The van der Waals surface area contributed by atoms with Crippen molar-refractivity contribution in [1.29, 1.82) is 0 Å². The summed E-state index contributed by atoms with van der Waals surface area (Å²) >= 11 is 0. The normalized spacial score (nSPS) is 17.0. The first-order valence-corrected chi connectivity index (χ1v) is 9.19. The average Bonchev–Trinajstić information content (AvgIpc) is 3.49. The van der Waals surface area contributed by atoms with E-state index in [1.807, 2.05) is 30.3 Å². The van der Waals surface area contributed by atoms with Gasteiger partial charge in [-0.1, -0.05) is 18.2 Å². The van der Waals surface area contributed by atoms with Gasteiger partial charge in [-0.3, -0.25) is 4.79 Å². The molecule has 4 rings (SSSR count). The van der Waals surface area contributed by atoms with E-state index in [1.54, 1.807) is 0 Å². The first-order chi connectivity index (χ1) is 12.7. The second-order valence-corrected chi connectivity index (χ2v) is 7.09. The molecular weight excluding hydrogens is 328 g/mol. The lowest BCUT2D eigenvalue weighted by molar-refractivity contribution is -0.118. The molecule has 0 radical (unpaired) electrons. The number of fused-ring (bicyclic) bond motifs is 1. The van der Waals surface area contributed by atoms with Gasteiger partial charge in [0.2, 0.25) is 0 Å². The Hall–Kier alpha value is -2.53. The molecule has 26 heavy (non-hydrogen) atoms. The quantitative estimate of drug-likeness (QED) is 0.798. The second kappa shape index (κ2) is 7.38. The van der Waals surface area contributed by atoms with Crippen molar-refractivity contribution in [2.24, 2.45) is 5.92 Å². The molecule has 1 fully saturated rings. The molecule has 2 aromatic rings. The van der Waals surface area contributed by atoms with Crippen LogP contribution in [-0.2, 0) is 11.3 Å². The summed E-state index contributed by atoms with van der Waals surface area (Å²) in [5.41, 5.74) is 3.06. The summed E-state index contributed by atoms with van der Waals surface area (Å²) in [7, 11) is 0. The minimum Gasteiger partial charge on any atom is -0.493 e. The van der Waals surface area contributed by atoms with E-state index in [0.29, 0.717) is 0 Å². The van der Waals surface area contributed by atoms with Crippen molar-refractivity contribution in [2.75, 3.05) is 18.5 Å². The van der Waals surface area contributed by atoms with Gasteiger partial charge in [0.1, 0.15) is 11.5 Å². The number of amides is 1. The molecule has 1 aliphatic heterocycles. The van der Waals surface area contributed by atoms with Gasteiger partial charge in [-0.2, -0.15) is 0 Å². The number of carbonyl (C=O) groups excluding carboxylic acids is 1. The largest absolute Gasteiger partial charge is 0.493 e. The summed E-state index contributed by atoms with van der Waals surface area (Å²) in [5.74, 6) is 2.32. The number of carbonyl (C=O) groups is 1. The molecule has 1 heterocycles. The molecule has 0 spiro atoms. The van der Waals surface area contributed by atoms with Gasteiger partial charge in [-0.05, 0) is 61.1 Å². The zero-order valence-corrected chi connectivity index (χ0v) is 15.0. The maximum absolute atomic E-state index is 11.5. The third kappa shape index (κ3) is 4.17. The van der Waals surface area contributed by atoms with E-state index in [0.717, 1.165) is 41.8 Å². The Labute approximate surface area is 153 Å². The van der Waals surface area contributed by atoms with Crippen LogP contribution < -0.4 is 20.1 Å². The van der Waals surface area contributed by atoms with Crippen LogP contribution in [0.25, 0.3) is 0 Å². The second-order valence-electron chi connectivity index (χ2n) is 7.09. The molecule has 136 valence electrons. The van der Waals surface area contributed by atoms with Gasteiger partial charge in [0.05, 0.1) is 12.3 Å². The van der Waals surface area contributed by atoms with Gasteiger partial charge in [0.25, 0.3) is 5.91 Å². The predicted octanol–water partition coefficient (Wildman–Crippen LogP) is 3.66. The number of anilines is 1. The molecule has 5 nitrogen and oxygen atoms in total. The Morgan fingerprint density at radius 2 is 2.04 bits per heavy atom. The summed E-state index contributed by atoms with van der Waals surface area (Å²) < 4.78 is 11.2. The smallest absolute Gasteiger partial charge is 0.262 e. The van der Waals surface area contributed by atoms with Crippen LogP contribution in [0.3, 0.4) is 0 Å². The van der Waals surface area contributed by atoms with Gasteiger partial charge in [0.15, 0.2) is 6.61 Å². The molecule has 1 amide bonds. The molecule has 2 N–H and O–H groups in total. The lowest BCUT2D eigenvalue weighted by Crippen LogP contribution is -2.26. The highest BCUT2D eigenvalue weighted by atomic mass is 16.5. The van der Waals surface area contributed by atoms with Gasteiger partial charge in [-0.15, -0.1) is 0 Å². The Morgan fingerprint density at radius 1 is 1.23 bits per heavy atom. The number of benzene rings is 2. The lowest BCUT2D eigenvalue weighted by Gasteiger charge is -2.21. The topological polar surface area (TPSA) is 59.6 Å². The zero-order valence-electron chi connectivity index (χ0n) is 15.0. The SMILES string of the molecule is C[C@H](NCc1ccc(OCC2CC2)cc1)c1ccc2c(c1)NC(=O)CO2. The van der Waals surface area contributed by atoms with Crippen molar-refractivity contribution >= 4 is 11.6 Å². The van der Waals surface area contributed by atoms with E-state index < -0.39 is 0 Å². The predicted molar refractivity (Wildman–Crippen MR) is 100 cm³/mol. The number of nitrogens with one attached hydrogen (secondary N) is 2. The highest BCUT2D eigenvalue weighted by molar-refractivity contribution is 5.95. The summed E-state index contributed by atoms with van der Waals surface area (Å²) in [5, 5.41) is 6.37. The van der Waals surface area contributed by atoms with E-state index in [-0.39, 0.29) is 18.6 Å². The molecule has 1 atom stereocenters. The summed E-state index contributed by atoms with van der Waals surface area (Å²) in [6, 6.07) is 14.3. The van der Waals surface area contributed by atoms with Crippen LogP contribution in [-0.4, -0.2) is 19.1 Å². The van der Waals surface area contributed by atoms with Gasteiger partial charge in [-0.25, -0.2) is 0 Å². The van der Waals surface area contributed by atoms with Crippen LogP contribution in [0, 0.1) is 5.92 Å². The number of rotatable bonds is 7. The zero-order chi connectivity index (χ0) is 17.9. The Morgan fingerprint density at radius 3 is 2.81 bits per heavy atom. The molecule has 0 unspecified atom stereocenters. The van der Waals surface area contributed by atoms with Crippen LogP contribution in [0.1, 0.15) is 36.9 Å². The fourth-order valence-corrected chi connectivity index (χ4v) is 2.96. The first kappa shape index (κ1) is 16.9.